The average Bonchev–Trinajstić information content (AvgIpc) is 2.99. The van der Waals surface area contributed by atoms with Gasteiger partial charge in [0.2, 0.25) is 0 Å². The first-order valence-electron chi connectivity index (χ1n) is 6.52. The van der Waals surface area contributed by atoms with Gasteiger partial charge < -0.3 is 9.47 Å². The maximum absolute atomic E-state index is 12.2. The molecule has 0 heterocycles. The fourth-order valence-corrected chi connectivity index (χ4v) is 4.40. The topological polar surface area (TPSA) is 52.6 Å². The van der Waals surface area contributed by atoms with Gasteiger partial charge >= 0.3 is 11.9 Å². The van der Waals surface area contributed by atoms with Gasteiger partial charge in [-0.1, -0.05) is 22.6 Å². The molecule has 4 nitrogen and oxygen atoms in total. The number of carbonyl (C=O) groups excluding carboxylic acids is 2. The molecule has 5 heteroatoms. The van der Waals surface area contributed by atoms with Gasteiger partial charge in [-0.05, 0) is 45.4 Å². The molecule has 2 aliphatic carbocycles. The number of halogens is 1. The van der Waals surface area contributed by atoms with Crippen LogP contribution in [0.5, 0.6) is 0 Å². The quantitative estimate of drug-likeness (QED) is 0.332. The molecule has 2 saturated carbocycles. The van der Waals surface area contributed by atoms with Crippen molar-refractivity contribution in [2.45, 2.75) is 43.0 Å². The van der Waals surface area contributed by atoms with Crippen LogP contribution in [0.2, 0.25) is 0 Å². The van der Waals surface area contributed by atoms with E-state index in [0.29, 0.717) is 32.0 Å². The largest absolute Gasteiger partial charge is 0.465 e. The summed E-state index contributed by atoms with van der Waals surface area (Å²) in [6, 6.07) is 0. The first-order chi connectivity index (χ1) is 8.48. The standard InChI is InChI=1S/C13H19IO4/c1-3-17-10(15)12(11(16)18-4-2)6-5-9-7-13(9,14)8-12/h9H,3-8H2,1-2H3. The van der Waals surface area contributed by atoms with E-state index in [9.17, 15) is 9.59 Å². The van der Waals surface area contributed by atoms with Gasteiger partial charge in [-0.15, -0.1) is 0 Å². The molecule has 0 radical (unpaired) electrons. The monoisotopic (exact) mass is 366 g/mol. The van der Waals surface area contributed by atoms with Crippen molar-refractivity contribution in [2.24, 2.45) is 11.3 Å². The van der Waals surface area contributed by atoms with Crippen LogP contribution in [0.1, 0.15) is 39.5 Å². The van der Waals surface area contributed by atoms with Crippen molar-refractivity contribution < 1.29 is 19.1 Å². The molecule has 0 amide bonds. The highest BCUT2D eigenvalue weighted by Crippen LogP contribution is 2.64. The third-order valence-corrected chi connectivity index (χ3v) is 5.71. The fourth-order valence-electron chi connectivity index (χ4n) is 2.91. The van der Waals surface area contributed by atoms with Crippen molar-refractivity contribution in [3.63, 3.8) is 0 Å². The van der Waals surface area contributed by atoms with Gasteiger partial charge in [0.15, 0.2) is 5.41 Å². The maximum Gasteiger partial charge on any atom is 0.323 e. The Balaban J connectivity index is 2.22. The highest BCUT2D eigenvalue weighted by atomic mass is 127. The summed E-state index contributed by atoms with van der Waals surface area (Å²) in [5.74, 6) is -0.134. The lowest BCUT2D eigenvalue weighted by molar-refractivity contribution is -0.174. The Labute approximate surface area is 121 Å². The summed E-state index contributed by atoms with van der Waals surface area (Å²) in [5, 5.41) is 0. The van der Waals surface area contributed by atoms with Crippen molar-refractivity contribution in [2.75, 3.05) is 13.2 Å². The molecule has 18 heavy (non-hydrogen) atoms. The van der Waals surface area contributed by atoms with E-state index >= 15 is 0 Å². The third kappa shape index (κ3) is 2.26. The summed E-state index contributed by atoms with van der Waals surface area (Å²) in [4.78, 5) is 24.4. The van der Waals surface area contributed by atoms with Gasteiger partial charge in [0, 0.05) is 3.42 Å². The van der Waals surface area contributed by atoms with Crippen molar-refractivity contribution in [3.8, 4) is 0 Å². The van der Waals surface area contributed by atoms with E-state index in [1.54, 1.807) is 13.8 Å². The predicted molar refractivity (Wildman–Crippen MR) is 74.4 cm³/mol. The second kappa shape index (κ2) is 4.98. The molecule has 2 aliphatic rings. The maximum atomic E-state index is 12.2. The van der Waals surface area contributed by atoms with Gasteiger partial charge in [-0.25, -0.2) is 0 Å². The summed E-state index contributed by atoms with van der Waals surface area (Å²) in [7, 11) is 0. The van der Waals surface area contributed by atoms with Crippen molar-refractivity contribution in [1.82, 2.24) is 0 Å². The minimum absolute atomic E-state index is 0.107. The summed E-state index contributed by atoms with van der Waals surface area (Å²) in [6.45, 7) is 4.13. The lowest BCUT2D eigenvalue weighted by atomic mass is 9.74. The third-order valence-electron chi connectivity index (χ3n) is 4.00. The molecule has 2 unspecified atom stereocenters. The Morgan fingerprint density at radius 2 is 1.78 bits per heavy atom. The summed E-state index contributed by atoms with van der Waals surface area (Å²) < 4.78 is 10.3. The van der Waals surface area contributed by atoms with Gasteiger partial charge in [0.05, 0.1) is 13.2 Å². The average molecular weight is 366 g/mol. The van der Waals surface area contributed by atoms with Gasteiger partial charge in [-0.3, -0.25) is 9.59 Å². The zero-order chi connectivity index (χ0) is 13.4. The number of esters is 2. The smallest absolute Gasteiger partial charge is 0.323 e. The Bertz CT molecular complexity index is 350. The summed E-state index contributed by atoms with van der Waals surface area (Å²) >= 11 is 2.40. The highest BCUT2D eigenvalue weighted by Gasteiger charge is 2.65. The van der Waals surface area contributed by atoms with Crippen LogP contribution < -0.4 is 0 Å². The SMILES string of the molecule is CCOC(=O)C1(C(=O)OCC)CCC2CC2(I)C1. The summed E-state index contributed by atoms with van der Waals surface area (Å²) in [6.07, 6.45) is 3.16. The Morgan fingerprint density at radius 1 is 1.22 bits per heavy atom. The molecule has 0 aromatic carbocycles. The van der Waals surface area contributed by atoms with Crippen LogP contribution in [0.15, 0.2) is 0 Å². The molecule has 2 fully saturated rings. The number of fused-ring (bicyclic) bond motifs is 1. The van der Waals surface area contributed by atoms with Crippen LogP contribution >= 0.6 is 22.6 Å². The van der Waals surface area contributed by atoms with E-state index < -0.39 is 17.4 Å². The van der Waals surface area contributed by atoms with Crippen LogP contribution in [0.4, 0.5) is 0 Å². The number of carbonyl (C=O) groups is 2. The summed E-state index contributed by atoms with van der Waals surface area (Å²) in [5.41, 5.74) is -1.06. The number of hydrogen-bond donors (Lipinski definition) is 0. The molecule has 102 valence electrons. The lowest BCUT2D eigenvalue weighted by Crippen LogP contribution is -2.46. The molecule has 0 saturated heterocycles. The van der Waals surface area contributed by atoms with Crippen molar-refractivity contribution >= 4 is 34.5 Å². The van der Waals surface area contributed by atoms with E-state index in [1.165, 1.54) is 0 Å². The van der Waals surface area contributed by atoms with Crippen LogP contribution in [-0.4, -0.2) is 28.6 Å². The van der Waals surface area contributed by atoms with E-state index in [-0.39, 0.29) is 3.42 Å². The van der Waals surface area contributed by atoms with Crippen LogP contribution in [0, 0.1) is 11.3 Å². The molecule has 0 aromatic heterocycles. The fraction of sp³-hybridized carbons (Fsp3) is 0.846. The van der Waals surface area contributed by atoms with E-state index in [0.717, 1.165) is 12.8 Å². The minimum atomic E-state index is -1.06. The van der Waals surface area contributed by atoms with Crippen molar-refractivity contribution in [3.05, 3.63) is 0 Å². The first kappa shape index (κ1) is 14.1. The zero-order valence-corrected chi connectivity index (χ0v) is 13.0. The predicted octanol–water partition coefficient (Wildman–Crippen LogP) is 2.48. The normalized spacial score (nSPS) is 32.3. The number of hydrogen-bond acceptors (Lipinski definition) is 4. The van der Waals surface area contributed by atoms with Crippen molar-refractivity contribution in [1.29, 1.82) is 0 Å². The van der Waals surface area contributed by atoms with Gasteiger partial charge in [0.1, 0.15) is 0 Å². The lowest BCUT2D eigenvalue weighted by Gasteiger charge is -2.34. The van der Waals surface area contributed by atoms with Crippen LogP contribution in [-0.2, 0) is 19.1 Å². The number of alkyl halides is 1. The Morgan fingerprint density at radius 3 is 2.22 bits per heavy atom. The number of rotatable bonds is 4. The molecule has 0 N–H and O–H groups in total. The van der Waals surface area contributed by atoms with Crippen LogP contribution in [0.25, 0.3) is 0 Å². The molecule has 2 rings (SSSR count). The zero-order valence-electron chi connectivity index (χ0n) is 10.8. The second-order valence-electron chi connectivity index (χ2n) is 5.17. The second-order valence-corrected chi connectivity index (χ2v) is 7.32. The van der Waals surface area contributed by atoms with Gasteiger partial charge in [0.25, 0.3) is 0 Å². The first-order valence-corrected chi connectivity index (χ1v) is 7.60. The van der Waals surface area contributed by atoms with E-state index in [1.807, 2.05) is 0 Å². The molecular weight excluding hydrogens is 347 g/mol. The number of ether oxygens (including phenoxy) is 2. The molecule has 0 aliphatic heterocycles. The van der Waals surface area contributed by atoms with Crippen LogP contribution in [0.3, 0.4) is 0 Å². The molecular formula is C13H19IO4. The molecule has 0 bridgehead atoms. The Hall–Kier alpha value is -0.330. The molecule has 0 spiro atoms. The highest BCUT2D eigenvalue weighted by molar-refractivity contribution is 14.1. The molecule has 2 atom stereocenters. The molecule has 0 aromatic rings. The van der Waals surface area contributed by atoms with Gasteiger partial charge in [-0.2, -0.15) is 0 Å². The van der Waals surface area contributed by atoms with E-state index in [4.69, 9.17) is 9.47 Å². The minimum Gasteiger partial charge on any atom is -0.465 e. The Kier molecular flexibility index (Phi) is 3.90. The van der Waals surface area contributed by atoms with E-state index in [2.05, 4.69) is 22.6 Å².